The summed E-state index contributed by atoms with van der Waals surface area (Å²) in [5, 5.41) is 0. The average Bonchev–Trinajstić information content (AvgIpc) is 2.00. The number of hydrogen-bond acceptors (Lipinski definition) is 2. The van der Waals surface area contributed by atoms with E-state index in [4.69, 9.17) is 16.9 Å². The first-order chi connectivity index (χ1) is 5.10. The summed E-state index contributed by atoms with van der Waals surface area (Å²) in [6.07, 6.45) is 5.55. The molecule has 0 saturated heterocycles. The van der Waals surface area contributed by atoms with E-state index in [0.717, 1.165) is 0 Å². The second-order valence-corrected chi connectivity index (χ2v) is 2.27. The Morgan fingerprint density at radius 1 is 1.64 bits per heavy atom. The molecule has 0 aromatic carbocycles. The number of carbonyl (C=O) groups excluding carboxylic acids is 1. The maximum absolute atomic E-state index is 10.4. The highest BCUT2D eigenvalue weighted by atomic mass is 16.6. The van der Waals surface area contributed by atoms with E-state index in [-0.39, 0.29) is 0 Å². The van der Waals surface area contributed by atoms with Crippen molar-refractivity contribution >= 4 is 6.09 Å². The molecule has 0 rings (SSSR count). The van der Waals surface area contributed by atoms with Crippen LogP contribution in [0.15, 0.2) is 0 Å². The van der Waals surface area contributed by atoms with E-state index in [1.54, 1.807) is 0 Å². The number of rotatable bonds is 3. The highest BCUT2D eigenvalue weighted by molar-refractivity contribution is 5.65. The second kappa shape index (κ2) is 3.87. The topological polar surface area (TPSA) is 52.3 Å². The van der Waals surface area contributed by atoms with Crippen LogP contribution in [0.3, 0.4) is 0 Å². The normalized spacial score (nSPS) is 10.3. The van der Waals surface area contributed by atoms with Gasteiger partial charge in [0.25, 0.3) is 0 Å². The molecule has 0 aliphatic rings. The zero-order chi connectivity index (χ0) is 8.91. The van der Waals surface area contributed by atoms with Crippen molar-refractivity contribution in [2.45, 2.75) is 32.3 Å². The molecule has 0 unspecified atom stereocenters. The standard InChI is InChI=1S/C8H13NO2/c1-4-8(5-2,6-3)11-7(9)10/h1H,5-6H2,2-3H3,(H2,9,10). The zero-order valence-electron chi connectivity index (χ0n) is 6.89. The van der Waals surface area contributed by atoms with E-state index in [1.165, 1.54) is 0 Å². The van der Waals surface area contributed by atoms with Gasteiger partial charge in [-0.3, -0.25) is 0 Å². The summed E-state index contributed by atoms with van der Waals surface area (Å²) >= 11 is 0. The van der Waals surface area contributed by atoms with Gasteiger partial charge < -0.3 is 10.5 Å². The van der Waals surface area contributed by atoms with Gasteiger partial charge in [-0.1, -0.05) is 19.8 Å². The monoisotopic (exact) mass is 155 g/mol. The Balaban J connectivity index is 4.32. The Bertz CT molecular complexity index is 177. The molecule has 0 aromatic heterocycles. The third-order valence-electron chi connectivity index (χ3n) is 1.70. The molecular weight excluding hydrogens is 142 g/mol. The molecule has 0 saturated carbocycles. The lowest BCUT2D eigenvalue weighted by Gasteiger charge is -2.24. The van der Waals surface area contributed by atoms with E-state index in [9.17, 15) is 4.79 Å². The van der Waals surface area contributed by atoms with Crippen molar-refractivity contribution in [1.29, 1.82) is 0 Å². The maximum atomic E-state index is 10.4. The molecule has 3 heteroatoms. The minimum absolute atomic E-state index is 0.586. The molecule has 0 bridgehead atoms. The summed E-state index contributed by atoms with van der Waals surface area (Å²) < 4.78 is 4.79. The predicted molar refractivity (Wildman–Crippen MR) is 42.8 cm³/mol. The maximum Gasteiger partial charge on any atom is 0.406 e. The molecule has 0 radical (unpaired) electrons. The predicted octanol–water partition coefficient (Wildman–Crippen LogP) is 1.27. The van der Waals surface area contributed by atoms with Crippen molar-refractivity contribution in [3.63, 3.8) is 0 Å². The van der Waals surface area contributed by atoms with Crippen molar-refractivity contribution in [3.8, 4) is 12.3 Å². The number of hydrogen-bond donors (Lipinski definition) is 1. The molecule has 11 heavy (non-hydrogen) atoms. The van der Waals surface area contributed by atoms with E-state index in [1.807, 2.05) is 13.8 Å². The van der Waals surface area contributed by atoms with Crippen LogP contribution in [-0.4, -0.2) is 11.7 Å². The van der Waals surface area contributed by atoms with Gasteiger partial charge in [0.15, 0.2) is 5.60 Å². The van der Waals surface area contributed by atoms with Crippen LogP contribution < -0.4 is 5.73 Å². The Morgan fingerprint density at radius 3 is 2.18 bits per heavy atom. The third kappa shape index (κ3) is 2.50. The van der Waals surface area contributed by atoms with Crippen molar-refractivity contribution in [1.82, 2.24) is 0 Å². The van der Waals surface area contributed by atoms with Gasteiger partial charge in [0.05, 0.1) is 0 Å². The number of terminal acetylenes is 1. The van der Waals surface area contributed by atoms with Crippen LogP contribution in [-0.2, 0) is 4.74 Å². The lowest BCUT2D eigenvalue weighted by molar-refractivity contribution is 0.0551. The molecule has 0 heterocycles. The molecule has 0 aliphatic carbocycles. The first-order valence-corrected chi connectivity index (χ1v) is 3.56. The van der Waals surface area contributed by atoms with E-state index in [2.05, 4.69) is 5.92 Å². The summed E-state index contributed by atoms with van der Waals surface area (Å²) in [6, 6.07) is 0. The van der Waals surface area contributed by atoms with Gasteiger partial charge in [0, 0.05) is 0 Å². The molecule has 0 aromatic rings. The van der Waals surface area contributed by atoms with Gasteiger partial charge in [0.2, 0.25) is 0 Å². The van der Waals surface area contributed by atoms with Gasteiger partial charge in [-0.05, 0) is 12.8 Å². The summed E-state index contributed by atoms with van der Waals surface area (Å²) in [5.74, 6) is 2.42. The fraction of sp³-hybridized carbons (Fsp3) is 0.625. The molecule has 0 atom stereocenters. The van der Waals surface area contributed by atoms with Crippen LogP contribution in [0.5, 0.6) is 0 Å². The Kier molecular flexibility index (Phi) is 3.46. The largest absolute Gasteiger partial charge is 0.430 e. The summed E-state index contributed by atoms with van der Waals surface area (Å²) in [5.41, 5.74) is 4.05. The van der Waals surface area contributed by atoms with Crippen LogP contribution in [0.1, 0.15) is 26.7 Å². The number of ether oxygens (including phenoxy) is 1. The summed E-state index contributed by atoms with van der Waals surface area (Å²) in [6.45, 7) is 3.71. The highest BCUT2D eigenvalue weighted by Crippen LogP contribution is 2.18. The van der Waals surface area contributed by atoms with Crippen LogP contribution in [0, 0.1) is 12.3 Å². The number of amides is 1. The minimum Gasteiger partial charge on any atom is -0.430 e. The summed E-state index contributed by atoms with van der Waals surface area (Å²) in [7, 11) is 0. The van der Waals surface area contributed by atoms with Gasteiger partial charge in [-0.25, -0.2) is 4.79 Å². The van der Waals surface area contributed by atoms with Crippen LogP contribution >= 0.6 is 0 Å². The van der Waals surface area contributed by atoms with Crippen LogP contribution in [0.25, 0.3) is 0 Å². The van der Waals surface area contributed by atoms with Gasteiger partial charge in [-0.2, -0.15) is 0 Å². The molecule has 0 spiro atoms. The van der Waals surface area contributed by atoms with Gasteiger partial charge >= 0.3 is 6.09 Å². The average molecular weight is 155 g/mol. The zero-order valence-corrected chi connectivity index (χ0v) is 6.89. The smallest absolute Gasteiger partial charge is 0.406 e. The quantitative estimate of drug-likeness (QED) is 0.624. The van der Waals surface area contributed by atoms with E-state index < -0.39 is 11.7 Å². The summed E-state index contributed by atoms with van der Waals surface area (Å²) in [4.78, 5) is 10.4. The molecular formula is C8H13NO2. The molecule has 62 valence electrons. The van der Waals surface area contributed by atoms with E-state index in [0.29, 0.717) is 12.8 Å². The Hall–Kier alpha value is -1.17. The Labute approximate surface area is 66.9 Å². The lowest BCUT2D eigenvalue weighted by atomic mass is 9.99. The fourth-order valence-electron chi connectivity index (χ4n) is 0.820. The second-order valence-electron chi connectivity index (χ2n) is 2.27. The molecule has 0 aliphatic heterocycles. The van der Waals surface area contributed by atoms with Crippen molar-refractivity contribution in [2.24, 2.45) is 5.73 Å². The number of primary amides is 1. The van der Waals surface area contributed by atoms with Crippen molar-refractivity contribution < 1.29 is 9.53 Å². The molecule has 2 N–H and O–H groups in total. The molecule has 1 amide bonds. The van der Waals surface area contributed by atoms with Crippen molar-refractivity contribution in [2.75, 3.05) is 0 Å². The number of nitrogens with two attached hydrogens (primary N) is 1. The minimum atomic E-state index is -0.813. The SMILES string of the molecule is C#CC(CC)(CC)OC(N)=O. The van der Waals surface area contributed by atoms with Crippen molar-refractivity contribution in [3.05, 3.63) is 0 Å². The number of carbonyl (C=O) groups is 1. The molecule has 0 fully saturated rings. The first kappa shape index (κ1) is 9.83. The third-order valence-corrected chi connectivity index (χ3v) is 1.70. The lowest BCUT2D eigenvalue weighted by Crippen LogP contribution is -2.34. The molecule has 3 nitrogen and oxygen atoms in total. The van der Waals surface area contributed by atoms with Crippen LogP contribution in [0.2, 0.25) is 0 Å². The van der Waals surface area contributed by atoms with Gasteiger partial charge in [-0.15, -0.1) is 6.42 Å². The van der Waals surface area contributed by atoms with E-state index >= 15 is 0 Å². The van der Waals surface area contributed by atoms with Gasteiger partial charge in [0.1, 0.15) is 0 Å². The highest BCUT2D eigenvalue weighted by Gasteiger charge is 2.26. The fourth-order valence-corrected chi connectivity index (χ4v) is 0.820. The Morgan fingerprint density at radius 2 is 2.09 bits per heavy atom. The first-order valence-electron chi connectivity index (χ1n) is 3.56. The van der Waals surface area contributed by atoms with Crippen LogP contribution in [0.4, 0.5) is 4.79 Å².